The van der Waals surface area contributed by atoms with Crippen LogP contribution >= 0.6 is 0 Å². The van der Waals surface area contributed by atoms with Gasteiger partial charge in [-0.25, -0.2) is 4.57 Å². The molecule has 0 bridgehead atoms. The lowest BCUT2D eigenvalue weighted by molar-refractivity contribution is -0.697. The van der Waals surface area contributed by atoms with E-state index in [1.54, 1.807) is 0 Å². The Hall–Kier alpha value is -0.850. The highest BCUT2D eigenvalue weighted by Gasteiger charge is 2.14. The number of rotatable bonds is 3. The van der Waals surface area contributed by atoms with Crippen LogP contribution in [0, 0.1) is 0 Å². The zero-order valence-corrected chi connectivity index (χ0v) is 9.88. The van der Waals surface area contributed by atoms with Gasteiger partial charge < -0.3 is 0 Å². The van der Waals surface area contributed by atoms with Gasteiger partial charge >= 0.3 is 0 Å². The third-order valence-electron chi connectivity index (χ3n) is 2.53. The Kier molecular flexibility index (Phi) is 3.68. The molecular formula is C13H22N+. The van der Waals surface area contributed by atoms with Crippen LogP contribution < -0.4 is 4.57 Å². The summed E-state index contributed by atoms with van der Waals surface area (Å²) in [6, 6.07) is 4.46. The predicted molar refractivity (Wildman–Crippen MR) is 60.2 cm³/mol. The molecule has 1 heterocycles. The van der Waals surface area contributed by atoms with E-state index in [1.165, 1.54) is 18.4 Å². The number of pyridine rings is 1. The first-order valence-corrected chi connectivity index (χ1v) is 5.53. The van der Waals surface area contributed by atoms with Crippen molar-refractivity contribution in [3.63, 3.8) is 0 Å². The van der Waals surface area contributed by atoms with Gasteiger partial charge in [-0.1, -0.05) is 34.1 Å². The third kappa shape index (κ3) is 3.13. The summed E-state index contributed by atoms with van der Waals surface area (Å²) in [5.41, 5.74) is 1.68. The monoisotopic (exact) mass is 192 g/mol. The van der Waals surface area contributed by atoms with Gasteiger partial charge in [0.15, 0.2) is 12.4 Å². The maximum atomic E-state index is 2.26. The molecule has 0 aromatic carbocycles. The van der Waals surface area contributed by atoms with Crippen molar-refractivity contribution in [3.05, 3.63) is 30.1 Å². The maximum Gasteiger partial charge on any atom is 0.169 e. The SMILES string of the molecule is CCCC[n+]1ccc(C(C)(C)C)cc1. The predicted octanol–water partition coefficient (Wildman–Crippen LogP) is 3.07. The zero-order valence-electron chi connectivity index (χ0n) is 9.88. The van der Waals surface area contributed by atoms with Crippen LogP contribution in [0.4, 0.5) is 0 Å². The molecule has 14 heavy (non-hydrogen) atoms. The van der Waals surface area contributed by atoms with E-state index >= 15 is 0 Å². The van der Waals surface area contributed by atoms with Gasteiger partial charge in [0.1, 0.15) is 6.54 Å². The normalized spacial score (nSPS) is 11.7. The van der Waals surface area contributed by atoms with Gasteiger partial charge in [-0.05, 0) is 11.0 Å². The molecule has 1 rings (SSSR count). The molecule has 0 fully saturated rings. The van der Waals surface area contributed by atoms with E-state index in [1.807, 2.05) is 0 Å². The first-order valence-electron chi connectivity index (χ1n) is 5.53. The lowest BCUT2D eigenvalue weighted by Gasteiger charge is -2.17. The van der Waals surface area contributed by atoms with Gasteiger partial charge in [0, 0.05) is 18.6 Å². The summed E-state index contributed by atoms with van der Waals surface area (Å²) >= 11 is 0. The number of hydrogen-bond donors (Lipinski definition) is 0. The number of hydrogen-bond acceptors (Lipinski definition) is 0. The lowest BCUT2D eigenvalue weighted by Crippen LogP contribution is -2.33. The molecule has 1 aromatic rings. The van der Waals surface area contributed by atoms with Crippen molar-refractivity contribution in [2.45, 2.75) is 52.5 Å². The third-order valence-corrected chi connectivity index (χ3v) is 2.53. The molecule has 1 nitrogen and oxygen atoms in total. The number of aryl methyl sites for hydroxylation is 1. The molecule has 0 aliphatic rings. The van der Waals surface area contributed by atoms with Crippen molar-refractivity contribution in [1.82, 2.24) is 0 Å². The van der Waals surface area contributed by atoms with E-state index in [0.717, 1.165) is 6.54 Å². The molecule has 0 unspecified atom stereocenters. The average Bonchev–Trinajstić information content (AvgIpc) is 2.14. The summed E-state index contributed by atoms with van der Waals surface area (Å²) in [4.78, 5) is 0. The molecule has 0 radical (unpaired) electrons. The fourth-order valence-electron chi connectivity index (χ4n) is 1.45. The van der Waals surface area contributed by atoms with Crippen molar-refractivity contribution in [3.8, 4) is 0 Å². The molecule has 0 atom stereocenters. The Balaban J connectivity index is 2.69. The molecular weight excluding hydrogens is 170 g/mol. The highest BCUT2D eigenvalue weighted by atomic mass is 14.9. The van der Waals surface area contributed by atoms with E-state index in [2.05, 4.69) is 56.8 Å². The van der Waals surface area contributed by atoms with Gasteiger partial charge in [-0.3, -0.25) is 0 Å². The van der Waals surface area contributed by atoms with Crippen LogP contribution in [-0.4, -0.2) is 0 Å². The van der Waals surface area contributed by atoms with Crippen molar-refractivity contribution in [1.29, 1.82) is 0 Å². The topological polar surface area (TPSA) is 3.88 Å². The van der Waals surface area contributed by atoms with E-state index in [9.17, 15) is 0 Å². The van der Waals surface area contributed by atoms with E-state index < -0.39 is 0 Å². The van der Waals surface area contributed by atoms with Crippen LogP contribution in [0.5, 0.6) is 0 Å². The Bertz CT molecular complexity index is 266. The standard InChI is InChI=1S/C13H22N/c1-5-6-9-14-10-7-12(8-11-14)13(2,3)4/h7-8,10-11H,5-6,9H2,1-4H3/q+1. The quantitative estimate of drug-likeness (QED) is 0.648. The van der Waals surface area contributed by atoms with E-state index in [0.29, 0.717) is 0 Å². The molecule has 0 saturated heterocycles. The number of unbranched alkanes of at least 4 members (excludes halogenated alkanes) is 1. The summed E-state index contributed by atoms with van der Waals surface area (Å²) in [6.07, 6.45) is 6.90. The minimum Gasteiger partial charge on any atom is -0.205 e. The molecule has 1 aromatic heterocycles. The molecule has 0 aliphatic heterocycles. The molecule has 0 aliphatic carbocycles. The van der Waals surface area contributed by atoms with Crippen LogP contribution in [0.2, 0.25) is 0 Å². The van der Waals surface area contributed by atoms with Gasteiger partial charge in [0.05, 0.1) is 0 Å². The second-order valence-corrected chi connectivity index (χ2v) is 4.93. The number of nitrogens with zero attached hydrogens (tertiary/aromatic N) is 1. The smallest absolute Gasteiger partial charge is 0.169 e. The molecule has 0 amide bonds. The van der Waals surface area contributed by atoms with Crippen molar-refractivity contribution in [2.75, 3.05) is 0 Å². The molecule has 0 spiro atoms. The summed E-state index contributed by atoms with van der Waals surface area (Å²) in [5.74, 6) is 0. The average molecular weight is 192 g/mol. The summed E-state index contributed by atoms with van der Waals surface area (Å²) < 4.78 is 2.26. The minimum atomic E-state index is 0.268. The first kappa shape index (κ1) is 11.2. The molecule has 1 heteroatoms. The van der Waals surface area contributed by atoms with Gasteiger partial charge in [0.25, 0.3) is 0 Å². The van der Waals surface area contributed by atoms with Gasteiger partial charge in [-0.2, -0.15) is 0 Å². The van der Waals surface area contributed by atoms with Crippen molar-refractivity contribution in [2.24, 2.45) is 0 Å². The van der Waals surface area contributed by atoms with Gasteiger partial charge in [0.2, 0.25) is 0 Å². The second-order valence-electron chi connectivity index (χ2n) is 4.93. The molecule has 78 valence electrons. The van der Waals surface area contributed by atoms with Crippen LogP contribution in [0.3, 0.4) is 0 Å². The largest absolute Gasteiger partial charge is 0.205 e. The Morgan fingerprint density at radius 2 is 1.71 bits per heavy atom. The van der Waals surface area contributed by atoms with Gasteiger partial charge in [-0.15, -0.1) is 0 Å². The highest BCUT2D eigenvalue weighted by molar-refractivity contribution is 5.17. The van der Waals surface area contributed by atoms with Crippen LogP contribution in [-0.2, 0) is 12.0 Å². The zero-order chi connectivity index (χ0) is 10.6. The Morgan fingerprint density at radius 3 is 2.14 bits per heavy atom. The number of aromatic nitrogens is 1. The fourth-order valence-corrected chi connectivity index (χ4v) is 1.45. The van der Waals surface area contributed by atoms with E-state index in [-0.39, 0.29) is 5.41 Å². The Morgan fingerprint density at radius 1 is 1.14 bits per heavy atom. The maximum absolute atomic E-state index is 2.26. The summed E-state index contributed by atoms with van der Waals surface area (Å²) in [5, 5.41) is 0. The molecule has 0 N–H and O–H groups in total. The lowest BCUT2D eigenvalue weighted by atomic mass is 9.88. The van der Waals surface area contributed by atoms with E-state index in [4.69, 9.17) is 0 Å². The second kappa shape index (κ2) is 4.59. The summed E-state index contributed by atoms with van der Waals surface area (Å²) in [6.45, 7) is 10.1. The highest BCUT2D eigenvalue weighted by Crippen LogP contribution is 2.20. The van der Waals surface area contributed by atoms with Crippen LogP contribution in [0.15, 0.2) is 24.5 Å². The molecule has 0 saturated carbocycles. The fraction of sp³-hybridized carbons (Fsp3) is 0.615. The van der Waals surface area contributed by atoms with Crippen molar-refractivity contribution < 1.29 is 4.57 Å². The minimum absolute atomic E-state index is 0.268. The Labute approximate surface area is 87.8 Å². The van der Waals surface area contributed by atoms with Crippen LogP contribution in [0.25, 0.3) is 0 Å². The van der Waals surface area contributed by atoms with Crippen molar-refractivity contribution >= 4 is 0 Å². The summed E-state index contributed by atoms with van der Waals surface area (Å²) in [7, 11) is 0. The van der Waals surface area contributed by atoms with Crippen LogP contribution in [0.1, 0.15) is 46.1 Å². The first-order chi connectivity index (χ1) is 6.54.